The SMILES string of the molecule is COc1cc(OC)c2c(c1)-c1cc3c(cc1C2(C)C)-c1c(N(c2ccc(-c4ccccc4)cc2)c2ccc4c(c2)C(C)(C)c2ccccc2-4)cccc1C3(C)C. The summed E-state index contributed by atoms with van der Waals surface area (Å²) in [6, 6.07) is 51.9. The molecule has 7 aromatic rings. The Balaban J connectivity index is 1.20. The van der Waals surface area contributed by atoms with Gasteiger partial charge in [-0.05, 0) is 115 Å². The molecule has 7 aromatic carbocycles. The van der Waals surface area contributed by atoms with Gasteiger partial charge in [0.05, 0.1) is 19.9 Å². The predicted molar refractivity (Wildman–Crippen MR) is 232 cm³/mol. The standard InChI is InChI=1S/C53H47NO2/c1-51(2)42-18-13-12-17-37(42)38-26-25-35(27-44(38)51)54(34-23-21-33(22-24-34)32-15-10-9-11-16-32)47-20-14-19-43-49(47)41-31-45-39(30-46(41)52(43,3)4)40-28-36(55-7)29-48(56-8)50(40)53(45,5)6/h9-31H,1-8H3. The van der Waals surface area contributed by atoms with Crippen molar-refractivity contribution in [2.75, 3.05) is 19.1 Å². The van der Waals surface area contributed by atoms with E-state index in [0.29, 0.717) is 0 Å². The normalized spacial score (nSPS) is 15.6. The number of hydrogen-bond donors (Lipinski definition) is 0. The molecule has 3 heteroatoms. The van der Waals surface area contributed by atoms with Crippen molar-refractivity contribution < 1.29 is 9.47 Å². The number of fused-ring (bicyclic) bond motifs is 9. The summed E-state index contributed by atoms with van der Waals surface area (Å²) in [6.45, 7) is 14.2. The lowest BCUT2D eigenvalue weighted by Crippen LogP contribution is -2.17. The molecule has 0 saturated heterocycles. The molecular formula is C53H47NO2. The molecular weight excluding hydrogens is 683 g/mol. The van der Waals surface area contributed by atoms with Crippen molar-refractivity contribution in [3.63, 3.8) is 0 Å². The Morgan fingerprint density at radius 3 is 1.77 bits per heavy atom. The second kappa shape index (κ2) is 12.0. The van der Waals surface area contributed by atoms with Crippen LogP contribution in [0.4, 0.5) is 17.1 Å². The summed E-state index contributed by atoms with van der Waals surface area (Å²) in [5, 5.41) is 0. The second-order valence-corrected chi connectivity index (χ2v) is 17.3. The van der Waals surface area contributed by atoms with Crippen LogP contribution < -0.4 is 14.4 Å². The number of nitrogens with zero attached hydrogens (tertiary/aromatic N) is 1. The molecule has 56 heavy (non-hydrogen) atoms. The maximum atomic E-state index is 6.03. The van der Waals surface area contributed by atoms with Gasteiger partial charge in [0, 0.05) is 44.8 Å². The zero-order chi connectivity index (χ0) is 38.7. The van der Waals surface area contributed by atoms with Crippen molar-refractivity contribution in [1.82, 2.24) is 0 Å². The van der Waals surface area contributed by atoms with E-state index in [2.05, 4.69) is 180 Å². The van der Waals surface area contributed by atoms with E-state index in [4.69, 9.17) is 9.47 Å². The van der Waals surface area contributed by atoms with E-state index in [9.17, 15) is 0 Å². The molecule has 0 N–H and O–H groups in total. The van der Waals surface area contributed by atoms with Gasteiger partial charge in [-0.15, -0.1) is 0 Å². The second-order valence-electron chi connectivity index (χ2n) is 17.3. The molecule has 0 saturated carbocycles. The molecule has 0 aromatic heterocycles. The van der Waals surface area contributed by atoms with Crippen molar-refractivity contribution in [3.8, 4) is 56.0 Å². The number of ether oxygens (including phenoxy) is 2. The Morgan fingerprint density at radius 2 is 1.02 bits per heavy atom. The average Bonchev–Trinajstić information content (AvgIpc) is 3.70. The van der Waals surface area contributed by atoms with Crippen LogP contribution in [0.25, 0.3) is 44.5 Å². The highest BCUT2D eigenvalue weighted by molar-refractivity contribution is 5.98. The Labute approximate surface area is 331 Å². The molecule has 0 bridgehead atoms. The van der Waals surface area contributed by atoms with Gasteiger partial charge < -0.3 is 14.4 Å². The quantitative estimate of drug-likeness (QED) is 0.170. The summed E-state index contributed by atoms with van der Waals surface area (Å²) in [4.78, 5) is 2.50. The molecule has 3 aliphatic rings. The Kier molecular flexibility index (Phi) is 7.36. The van der Waals surface area contributed by atoms with E-state index >= 15 is 0 Å². The Bertz CT molecular complexity index is 2740. The zero-order valence-corrected chi connectivity index (χ0v) is 33.5. The van der Waals surface area contributed by atoms with E-state index in [0.717, 1.165) is 22.9 Å². The van der Waals surface area contributed by atoms with Gasteiger partial charge in [0.1, 0.15) is 11.5 Å². The van der Waals surface area contributed by atoms with Crippen LogP contribution in [-0.2, 0) is 16.2 Å². The van der Waals surface area contributed by atoms with Crippen LogP contribution in [0.2, 0.25) is 0 Å². The molecule has 0 unspecified atom stereocenters. The molecule has 0 aliphatic heterocycles. The van der Waals surface area contributed by atoms with Gasteiger partial charge in [0.2, 0.25) is 0 Å². The molecule has 0 atom stereocenters. The average molecular weight is 730 g/mol. The largest absolute Gasteiger partial charge is 0.497 e. The number of anilines is 3. The van der Waals surface area contributed by atoms with Gasteiger partial charge in [-0.25, -0.2) is 0 Å². The molecule has 10 rings (SSSR count). The minimum atomic E-state index is -0.271. The van der Waals surface area contributed by atoms with Gasteiger partial charge in [-0.1, -0.05) is 126 Å². The van der Waals surface area contributed by atoms with Gasteiger partial charge in [-0.2, -0.15) is 0 Å². The van der Waals surface area contributed by atoms with E-state index in [-0.39, 0.29) is 16.2 Å². The summed E-state index contributed by atoms with van der Waals surface area (Å²) < 4.78 is 11.8. The van der Waals surface area contributed by atoms with Crippen molar-refractivity contribution >= 4 is 17.1 Å². The number of hydrogen-bond acceptors (Lipinski definition) is 3. The van der Waals surface area contributed by atoms with E-state index in [1.54, 1.807) is 14.2 Å². The van der Waals surface area contributed by atoms with E-state index in [1.165, 1.54) is 83.6 Å². The summed E-state index contributed by atoms with van der Waals surface area (Å²) in [5.74, 6) is 1.68. The third-order valence-electron chi connectivity index (χ3n) is 13.2. The van der Waals surface area contributed by atoms with Crippen molar-refractivity contribution in [1.29, 1.82) is 0 Å². The number of methoxy groups -OCH3 is 2. The fraction of sp³-hybridized carbons (Fsp3) is 0.208. The number of benzene rings is 7. The van der Waals surface area contributed by atoms with Crippen molar-refractivity contribution in [2.45, 2.75) is 57.8 Å². The first-order chi connectivity index (χ1) is 26.9. The lowest BCUT2D eigenvalue weighted by Gasteiger charge is -2.30. The highest BCUT2D eigenvalue weighted by atomic mass is 16.5. The summed E-state index contributed by atoms with van der Waals surface area (Å²) in [7, 11) is 3.49. The molecule has 0 radical (unpaired) electrons. The molecule has 276 valence electrons. The van der Waals surface area contributed by atoms with Crippen LogP contribution in [0.15, 0.2) is 140 Å². The van der Waals surface area contributed by atoms with Gasteiger partial charge in [0.15, 0.2) is 0 Å². The molecule has 0 heterocycles. The first-order valence-electron chi connectivity index (χ1n) is 19.7. The predicted octanol–water partition coefficient (Wildman–Crippen LogP) is 13.8. The van der Waals surface area contributed by atoms with Crippen LogP contribution >= 0.6 is 0 Å². The van der Waals surface area contributed by atoms with Crippen LogP contribution in [0, 0.1) is 0 Å². The third-order valence-corrected chi connectivity index (χ3v) is 13.2. The molecule has 3 aliphatic carbocycles. The minimum Gasteiger partial charge on any atom is -0.497 e. The highest BCUT2D eigenvalue weighted by Crippen LogP contribution is 2.61. The molecule has 3 nitrogen and oxygen atoms in total. The Hall–Kier alpha value is -6.06. The van der Waals surface area contributed by atoms with Crippen LogP contribution in [0.5, 0.6) is 11.5 Å². The Morgan fingerprint density at radius 1 is 0.411 bits per heavy atom. The van der Waals surface area contributed by atoms with Crippen molar-refractivity contribution in [2.24, 2.45) is 0 Å². The summed E-state index contributed by atoms with van der Waals surface area (Å²) in [6.07, 6.45) is 0. The zero-order valence-electron chi connectivity index (χ0n) is 33.5. The first kappa shape index (κ1) is 34.4. The molecule has 0 spiro atoms. The van der Waals surface area contributed by atoms with Crippen LogP contribution in [0.3, 0.4) is 0 Å². The molecule has 0 amide bonds. The van der Waals surface area contributed by atoms with Gasteiger partial charge >= 0.3 is 0 Å². The summed E-state index contributed by atoms with van der Waals surface area (Å²) in [5.41, 5.74) is 20.9. The number of rotatable bonds is 6. The topological polar surface area (TPSA) is 21.7 Å². The molecule has 0 fully saturated rings. The maximum absolute atomic E-state index is 6.03. The van der Waals surface area contributed by atoms with Crippen molar-refractivity contribution in [3.05, 3.63) is 173 Å². The summed E-state index contributed by atoms with van der Waals surface area (Å²) >= 11 is 0. The fourth-order valence-corrected chi connectivity index (χ4v) is 10.3. The fourth-order valence-electron chi connectivity index (χ4n) is 10.3. The minimum absolute atomic E-state index is 0.122. The van der Waals surface area contributed by atoms with E-state index < -0.39 is 0 Å². The van der Waals surface area contributed by atoms with Gasteiger partial charge in [-0.3, -0.25) is 0 Å². The highest BCUT2D eigenvalue weighted by Gasteiger charge is 2.45. The van der Waals surface area contributed by atoms with Gasteiger partial charge in [0.25, 0.3) is 0 Å². The first-order valence-corrected chi connectivity index (χ1v) is 19.7. The van der Waals surface area contributed by atoms with Crippen LogP contribution in [-0.4, -0.2) is 14.2 Å². The smallest absolute Gasteiger partial charge is 0.127 e. The van der Waals surface area contributed by atoms with Crippen LogP contribution in [0.1, 0.15) is 74.9 Å². The lowest BCUT2D eigenvalue weighted by atomic mass is 9.79. The lowest BCUT2D eigenvalue weighted by molar-refractivity contribution is 0.387. The third kappa shape index (κ3) is 4.70. The van der Waals surface area contributed by atoms with E-state index in [1.807, 2.05) is 6.07 Å². The maximum Gasteiger partial charge on any atom is 0.127 e. The monoisotopic (exact) mass is 729 g/mol.